The Morgan fingerprint density at radius 3 is 2.69 bits per heavy atom. The van der Waals surface area contributed by atoms with E-state index in [2.05, 4.69) is 30.9 Å². The zero-order valence-electron chi connectivity index (χ0n) is 13.4. The molecule has 0 aliphatic heterocycles. The van der Waals surface area contributed by atoms with Crippen molar-refractivity contribution in [2.24, 2.45) is 0 Å². The van der Waals surface area contributed by atoms with Crippen LogP contribution in [0.25, 0.3) is 22.1 Å². The minimum atomic E-state index is -0.740. The molecule has 0 fully saturated rings. The summed E-state index contributed by atoms with van der Waals surface area (Å²) in [6.07, 6.45) is 1.45. The first kappa shape index (κ1) is 16.6. The lowest BCUT2D eigenvalue weighted by Crippen LogP contribution is -2.19. The van der Waals surface area contributed by atoms with Crippen LogP contribution in [0.2, 0.25) is 0 Å². The summed E-state index contributed by atoms with van der Waals surface area (Å²) in [5.41, 5.74) is 0.583. The van der Waals surface area contributed by atoms with Gasteiger partial charge in [-0.3, -0.25) is 4.57 Å². The monoisotopic (exact) mass is 420 g/mol. The number of halogens is 3. The minimum absolute atomic E-state index is 0.206. The summed E-state index contributed by atoms with van der Waals surface area (Å²) >= 11 is 3.04. The maximum atomic E-state index is 14.2. The second-order valence-corrected chi connectivity index (χ2v) is 6.53. The molecule has 0 amide bonds. The lowest BCUT2D eigenvalue weighted by atomic mass is 10.2. The van der Waals surface area contributed by atoms with Gasteiger partial charge in [-0.25, -0.2) is 18.6 Å². The number of hydrogen-bond donors (Lipinski definition) is 1. The fourth-order valence-electron chi connectivity index (χ4n) is 2.86. The molecule has 0 bridgehead atoms. The third-order valence-electron chi connectivity index (χ3n) is 4.06. The van der Waals surface area contributed by atoms with Gasteiger partial charge in [0.15, 0.2) is 5.65 Å². The van der Waals surface area contributed by atoms with E-state index in [0.29, 0.717) is 27.9 Å². The van der Waals surface area contributed by atoms with E-state index in [0.717, 1.165) is 12.1 Å². The molecule has 0 aliphatic carbocycles. The van der Waals surface area contributed by atoms with Gasteiger partial charge in [-0.1, -0.05) is 15.9 Å². The third kappa shape index (κ3) is 2.64. The van der Waals surface area contributed by atoms with Crippen molar-refractivity contribution in [1.82, 2.24) is 19.5 Å². The molecule has 1 aromatic carbocycles. The van der Waals surface area contributed by atoms with E-state index >= 15 is 0 Å². The largest absolute Gasteiger partial charge is 0.481 e. The van der Waals surface area contributed by atoms with Crippen molar-refractivity contribution in [3.05, 3.63) is 62.6 Å². The summed E-state index contributed by atoms with van der Waals surface area (Å²) in [6.45, 7) is -0.269. The second-order valence-electron chi connectivity index (χ2n) is 5.61. The number of aromatic nitrogens is 4. The van der Waals surface area contributed by atoms with Gasteiger partial charge in [0.25, 0.3) is 0 Å². The SMILES string of the molecule is COc1ccc2c(ncc3[nH]c(=O)n(Cc4c(F)cc(Br)cc4F)c32)n1. The predicted molar refractivity (Wildman–Crippen MR) is 95.4 cm³/mol. The maximum absolute atomic E-state index is 14.2. The van der Waals surface area contributed by atoms with Crippen molar-refractivity contribution in [3.63, 3.8) is 0 Å². The molecule has 26 heavy (non-hydrogen) atoms. The molecule has 1 N–H and O–H groups in total. The summed E-state index contributed by atoms with van der Waals surface area (Å²) in [7, 11) is 1.48. The minimum Gasteiger partial charge on any atom is -0.481 e. The molecule has 9 heteroatoms. The van der Waals surface area contributed by atoms with Crippen molar-refractivity contribution >= 4 is 38.0 Å². The number of rotatable bonds is 3. The Kier molecular flexibility index (Phi) is 3.95. The summed E-state index contributed by atoms with van der Waals surface area (Å²) in [5, 5.41) is 0.569. The van der Waals surface area contributed by atoms with E-state index in [4.69, 9.17) is 4.74 Å². The Morgan fingerprint density at radius 2 is 2.00 bits per heavy atom. The fourth-order valence-corrected chi connectivity index (χ4v) is 3.26. The molecular weight excluding hydrogens is 410 g/mol. The zero-order chi connectivity index (χ0) is 18.4. The van der Waals surface area contributed by atoms with Crippen molar-refractivity contribution in [2.75, 3.05) is 7.11 Å². The number of pyridine rings is 2. The van der Waals surface area contributed by atoms with Crippen LogP contribution < -0.4 is 10.4 Å². The van der Waals surface area contributed by atoms with Crippen LogP contribution >= 0.6 is 15.9 Å². The molecule has 132 valence electrons. The molecule has 0 spiro atoms. The number of imidazole rings is 1. The molecule has 0 aliphatic rings. The molecule has 0 unspecified atom stereocenters. The van der Waals surface area contributed by atoms with Gasteiger partial charge in [0.1, 0.15) is 11.6 Å². The number of benzene rings is 1. The average Bonchev–Trinajstić information content (AvgIpc) is 2.93. The number of aromatic amines is 1. The molecule has 6 nitrogen and oxygen atoms in total. The maximum Gasteiger partial charge on any atom is 0.326 e. The predicted octanol–water partition coefficient (Wildman–Crippen LogP) is 3.37. The number of hydrogen-bond acceptors (Lipinski definition) is 4. The van der Waals surface area contributed by atoms with Gasteiger partial charge in [0.05, 0.1) is 30.9 Å². The van der Waals surface area contributed by atoms with E-state index in [9.17, 15) is 13.6 Å². The standard InChI is InChI=1S/C17H11BrF2N4O2/c1-26-14-3-2-9-15-13(6-21-16(9)23-14)22-17(25)24(15)7-10-11(19)4-8(18)5-12(10)20/h2-6H,7H2,1H3,(H,22,25). The Hall–Kier alpha value is -2.81. The molecule has 4 aromatic rings. The summed E-state index contributed by atoms with van der Waals surface area (Å²) in [4.78, 5) is 23.5. The lowest BCUT2D eigenvalue weighted by molar-refractivity contribution is 0.399. The number of methoxy groups -OCH3 is 1. The number of ether oxygens (including phenoxy) is 1. The molecule has 4 rings (SSSR count). The van der Waals surface area contributed by atoms with Crippen LogP contribution in [-0.2, 0) is 6.54 Å². The van der Waals surface area contributed by atoms with Crippen molar-refractivity contribution in [1.29, 1.82) is 0 Å². The number of nitrogens with zero attached hydrogens (tertiary/aromatic N) is 3. The number of nitrogens with one attached hydrogen (secondary N) is 1. The van der Waals surface area contributed by atoms with Crippen molar-refractivity contribution < 1.29 is 13.5 Å². The highest BCUT2D eigenvalue weighted by atomic mass is 79.9. The summed E-state index contributed by atoms with van der Waals surface area (Å²) in [6, 6.07) is 5.65. The topological polar surface area (TPSA) is 72.8 Å². The van der Waals surface area contributed by atoms with Gasteiger partial charge in [-0.15, -0.1) is 0 Å². The van der Waals surface area contributed by atoms with E-state index in [-0.39, 0.29) is 16.6 Å². The van der Waals surface area contributed by atoms with E-state index in [1.165, 1.54) is 17.9 Å². The van der Waals surface area contributed by atoms with Crippen LogP contribution in [-0.4, -0.2) is 26.6 Å². The second kappa shape index (κ2) is 6.17. The van der Waals surface area contributed by atoms with E-state index in [1.807, 2.05) is 0 Å². The molecule has 0 atom stereocenters. The van der Waals surface area contributed by atoms with Crippen LogP contribution in [0.4, 0.5) is 8.78 Å². The summed E-state index contributed by atoms with van der Waals surface area (Å²) < 4.78 is 35.1. The van der Waals surface area contributed by atoms with Gasteiger partial charge in [0, 0.05) is 21.5 Å². The van der Waals surface area contributed by atoms with Crippen molar-refractivity contribution in [3.8, 4) is 5.88 Å². The Labute approximate surface area is 153 Å². The van der Waals surface area contributed by atoms with Crippen LogP contribution in [0.15, 0.2) is 39.7 Å². The molecule has 3 aromatic heterocycles. The molecular formula is C17H11BrF2N4O2. The first-order valence-corrected chi connectivity index (χ1v) is 8.33. The van der Waals surface area contributed by atoms with Crippen LogP contribution in [0, 0.1) is 11.6 Å². The first-order chi connectivity index (χ1) is 12.5. The number of H-pyrrole nitrogens is 1. The number of fused-ring (bicyclic) bond motifs is 3. The highest BCUT2D eigenvalue weighted by Crippen LogP contribution is 2.25. The highest BCUT2D eigenvalue weighted by Gasteiger charge is 2.17. The van der Waals surface area contributed by atoms with Gasteiger partial charge in [-0.2, -0.15) is 4.98 Å². The Balaban J connectivity index is 1.97. The lowest BCUT2D eigenvalue weighted by Gasteiger charge is -2.09. The quantitative estimate of drug-likeness (QED) is 0.551. The molecule has 0 saturated carbocycles. The van der Waals surface area contributed by atoms with Crippen LogP contribution in [0.5, 0.6) is 5.88 Å². The molecule has 0 saturated heterocycles. The van der Waals surface area contributed by atoms with Gasteiger partial charge in [0.2, 0.25) is 5.88 Å². The van der Waals surface area contributed by atoms with E-state index < -0.39 is 17.3 Å². The van der Waals surface area contributed by atoms with E-state index in [1.54, 1.807) is 12.1 Å². The average molecular weight is 421 g/mol. The van der Waals surface area contributed by atoms with Gasteiger partial charge in [-0.05, 0) is 18.2 Å². The molecule has 0 radical (unpaired) electrons. The van der Waals surface area contributed by atoms with Gasteiger partial charge >= 0.3 is 5.69 Å². The first-order valence-electron chi connectivity index (χ1n) is 7.53. The Morgan fingerprint density at radius 1 is 1.27 bits per heavy atom. The Bertz CT molecular complexity index is 1200. The molecule has 3 heterocycles. The fraction of sp³-hybridized carbons (Fsp3) is 0.118. The van der Waals surface area contributed by atoms with Crippen molar-refractivity contribution in [2.45, 2.75) is 6.54 Å². The highest BCUT2D eigenvalue weighted by molar-refractivity contribution is 9.10. The van der Waals surface area contributed by atoms with Crippen LogP contribution in [0.1, 0.15) is 5.56 Å². The van der Waals surface area contributed by atoms with Gasteiger partial charge < -0.3 is 9.72 Å². The summed E-state index contributed by atoms with van der Waals surface area (Å²) in [5.74, 6) is -1.11. The normalized spacial score (nSPS) is 11.4. The van der Waals surface area contributed by atoms with Crippen LogP contribution in [0.3, 0.4) is 0 Å². The zero-order valence-corrected chi connectivity index (χ0v) is 15.0. The third-order valence-corrected chi connectivity index (χ3v) is 4.52. The smallest absolute Gasteiger partial charge is 0.326 e.